The topological polar surface area (TPSA) is 91.7 Å². The van der Waals surface area contributed by atoms with E-state index in [4.69, 9.17) is 14.6 Å². The summed E-state index contributed by atoms with van der Waals surface area (Å²) in [5, 5.41) is 10.4. The molecular weight excluding hydrogens is 447 g/mol. The van der Waals surface area contributed by atoms with Gasteiger partial charge in [-0.05, 0) is 24.9 Å². The van der Waals surface area contributed by atoms with Crippen molar-refractivity contribution in [1.82, 2.24) is 19.9 Å². The van der Waals surface area contributed by atoms with Gasteiger partial charge < -0.3 is 14.7 Å². The number of fused-ring (bicyclic) bond motifs is 1. The van der Waals surface area contributed by atoms with Crippen molar-refractivity contribution in [2.75, 3.05) is 37.7 Å². The van der Waals surface area contributed by atoms with Crippen LogP contribution in [0.5, 0.6) is 0 Å². The summed E-state index contributed by atoms with van der Waals surface area (Å²) < 4.78 is 37.9. The lowest BCUT2D eigenvalue weighted by Gasteiger charge is -2.37. The van der Waals surface area contributed by atoms with E-state index >= 15 is 0 Å². The Hall–Kier alpha value is -2.31. The molecule has 8 nitrogen and oxygen atoms in total. The molecule has 0 aromatic carbocycles. The van der Waals surface area contributed by atoms with Crippen molar-refractivity contribution in [3.8, 4) is 0 Å². The molecule has 176 valence electrons. The van der Waals surface area contributed by atoms with Crippen LogP contribution in [-0.2, 0) is 22.5 Å². The maximum absolute atomic E-state index is 10.6. The molecule has 0 saturated carbocycles. The van der Waals surface area contributed by atoms with Crippen LogP contribution in [0.3, 0.4) is 0 Å². The fourth-order valence-corrected chi connectivity index (χ4v) is 4.31. The Morgan fingerprint density at radius 1 is 1.25 bits per heavy atom. The van der Waals surface area contributed by atoms with E-state index in [2.05, 4.69) is 31.7 Å². The lowest BCUT2D eigenvalue weighted by Crippen LogP contribution is -2.46. The number of likely N-dealkylation sites (tertiary alicyclic amines) is 1. The maximum atomic E-state index is 10.6. The molecule has 4 heterocycles. The average Bonchev–Trinajstić information content (AvgIpc) is 3.18. The number of aromatic nitrogens is 3. The van der Waals surface area contributed by atoms with E-state index in [1.807, 2.05) is 24.0 Å². The van der Waals surface area contributed by atoms with Crippen molar-refractivity contribution in [1.29, 1.82) is 0 Å². The predicted molar refractivity (Wildman–Crippen MR) is 113 cm³/mol. The molecule has 2 saturated heterocycles. The molecule has 0 unspecified atom stereocenters. The molecule has 0 bridgehead atoms. The minimum Gasteiger partial charge on any atom is -0.475 e. The van der Waals surface area contributed by atoms with Crippen molar-refractivity contribution in [2.45, 2.75) is 38.6 Å². The number of halogens is 3. The van der Waals surface area contributed by atoms with E-state index in [-0.39, 0.29) is 0 Å². The highest BCUT2D eigenvalue weighted by molar-refractivity contribution is 7.09. The number of piperidine rings is 1. The summed E-state index contributed by atoms with van der Waals surface area (Å²) in [7, 11) is 0. The second kappa shape index (κ2) is 11.0. The maximum Gasteiger partial charge on any atom is 0.490 e. The molecule has 32 heavy (non-hydrogen) atoms. The van der Waals surface area contributed by atoms with Gasteiger partial charge in [0.1, 0.15) is 5.01 Å². The van der Waals surface area contributed by atoms with Gasteiger partial charge >= 0.3 is 12.1 Å². The van der Waals surface area contributed by atoms with Crippen LogP contribution in [0.25, 0.3) is 0 Å². The van der Waals surface area contributed by atoms with E-state index in [1.54, 1.807) is 11.3 Å². The molecule has 0 amide bonds. The Kier molecular flexibility index (Phi) is 8.38. The minimum absolute atomic E-state index is 0.300. The highest BCUT2D eigenvalue weighted by Crippen LogP contribution is 2.26. The quantitative estimate of drug-likeness (QED) is 0.725. The number of hydrogen-bond acceptors (Lipinski definition) is 8. The van der Waals surface area contributed by atoms with Crippen molar-refractivity contribution in [3.05, 3.63) is 34.5 Å². The standard InChI is InChI=1S/C18H25N5OS.C2HF3O2/c1-2-14-9-20-18(21-10-14)23-6-7-24-16-12-22(5-3-15(16)11-23)13-17-19-4-8-25-17;3-2(4,5)1(6)7/h4,8-10,15-16H,2-3,5-7,11-13H2,1H3;(H,6,7)/t15-,16-;/m1./s1. The number of alkyl halides is 3. The molecule has 2 aliphatic rings. The van der Waals surface area contributed by atoms with Crippen LogP contribution in [-0.4, -0.2) is 76.0 Å². The highest BCUT2D eigenvalue weighted by Gasteiger charge is 2.38. The van der Waals surface area contributed by atoms with E-state index in [0.717, 1.165) is 58.1 Å². The number of carboxylic acids is 1. The number of aryl methyl sites for hydroxylation is 1. The summed E-state index contributed by atoms with van der Waals surface area (Å²) in [5.74, 6) is -1.37. The van der Waals surface area contributed by atoms with Crippen LogP contribution in [0.1, 0.15) is 23.9 Å². The van der Waals surface area contributed by atoms with Gasteiger partial charge in [-0.2, -0.15) is 13.2 Å². The fraction of sp³-hybridized carbons (Fsp3) is 0.600. The van der Waals surface area contributed by atoms with Gasteiger partial charge in [-0.15, -0.1) is 11.3 Å². The first kappa shape index (κ1) is 24.3. The summed E-state index contributed by atoms with van der Waals surface area (Å²) >= 11 is 1.73. The molecule has 4 rings (SSSR count). The third-order valence-corrected chi connectivity index (χ3v) is 6.16. The molecule has 1 N–H and O–H groups in total. The van der Waals surface area contributed by atoms with Gasteiger partial charge in [0, 0.05) is 49.5 Å². The molecule has 2 aromatic heterocycles. The Labute approximate surface area is 188 Å². The van der Waals surface area contributed by atoms with Crippen molar-refractivity contribution in [3.63, 3.8) is 0 Å². The minimum atomic E-state index is -5.08. The fourth-order valence-electron chi connectivity index (χ4n) is 3.66. The van der Waals surface area contributed by atoms with E-state index in [0.29, 0.717) is 12.0 Å². The molecule has 12 heteroatoms. The van der Waals surface area contributed by atoms with Gasteiger partial charge in [-0.25, -0.2) is 19.7 Å². The molecule has 0 spiro atoms. The molecule has 0 radical (unpaired) electrons. The number of hydrogen-bond donors (Lipinski definition) is 1. The summed E-state index contributed by atoms with van der Waals surface area (Å²) in [5.41, 5.74) is 1.18. The Morgan fingerprint density at radius 3 is 2.56 bits per heavy atom. The van der Waals surface area contributed by atoms with Gasteiger partial charge in [-0.1, -0.05) is 6.92 Å². The molecule has 0 aliphatic carbocycles. The van der Waals surface area contributed by atoms with Crippen LogP contribution in [0.4, 0.5) is 19.1 Å². The summed E-state index contributed by atoms with van der Waals surface area (Å²) in [6, 6.07) is 0. The number of carboxylic acid groups (broad SMARTS) is 1. The Balaban J connectivity index is 0.000000360. The smallest absolute Gasteiger partial charge is 0.475 e. The first-order chi connectivity index (χ1) is 15.3. The SMILES string of the molecule is CCc1cnc(N2CCO[C@@H]3CN(Cc4nccs4)CC[C@@H]3C2)nc1.O=C(O)C(F)(F)F. The van der Waals surface area contributed by atoms with Crippen LogP contribution in [0.15, 0.2) is 24.0 Å². The molecule has 2 aliphatic heterocycles. The number of anilines is 1. The summed E-state index contributed by atoms with van der Waals surface area (Å²) in [6.07, 6.45) is 3.12. The predicted octanol–water partition coefficient (Wildman–Crippen LogP) is 2.86. The van der Waals surface area contributed by atoms with Gasteiger partial charge in [-0.3, -0.25) is 4.90 Å². The zero-order valence-electron chi connectivity index (χ0n) is 17.7. The van der Waals surface area contributed by atoms with Crippen molar-refractivity contribution < 1.29 is 27.8 Å². The van der Waals surface area contributed by atoms with Crippen molar-refractivity contribution >= 4 is 23.3 Å². The van der Waals surface area contributed by atoms with Crippen LogP contribution in [0, 0.1) is 5.92 Å². The number of aliphatic carboxylic acids is 1. The Morgan fingerprint density at radius 2 is 1.97 bits per heavy atom. The second-order valence-corrected chi connectivity index (χ2v) is 8.59. The Bertz CT molecular complexity index is 851. The van der Waals surface area contributed by atoms with Crippen molar-refractivity contribution in [2.24, 2.45) is 5.92 Å². The molecule has 2 atom stereocenters. The number of carbonyl (C=O) groups is 1. The van der Waals surface area contributed by atoms with E-state index in [1.165, 1.54) is 10.6 Å². The summed E-state index contributed by atoms with van der Waals surface area (Å²) in [4.78, 5) is 27.2. The lowest BCUT2D eigenvalue weighted by atomic mass is 9.93. The highest BCUT2D eigenvalue weighted by atomic mass is 32.1. The average molecular weight is 474 g/mol. The molecule has 2 aromatic rings. The third kappa shape index (κ3) is 6.84. The van der Waals surface area contributed by atoms with Gasteiger partial charge in [0.25, 0.3) is 0 Å². The van der Waals surface area contributed by atoms with Gasteiger partial charge in [0.05, 0.1) is 19.3 Å². The van der Waals surface area contributed by atoms with Gasteiger partial charge in [0.2, 0.25) is 5.95 Å². The van der Waals surface area contributed by atoms with E-state index < -0.39 is 12.1 Å². The van der Waals surface area contributed by atoms with Crippen LogP contribution < -0.4 is 4.90 Å². The zero-order chi connectivity index (χ0) is 23.1. The third-order valence-electron chi connectivity index (χ3n) is 5.40. The zero-order valence-corrected chi connectivity index (χ0v) is 18.5. The number of ether oxygens (including phenoxy) is 1. The lowest BCUT2D eigenvalue weighted by molar-refractivity contribution is -0.192. The monoisotopic (exact) mass is 473 g/mol. The van der Waals surface area contributed by atoms with Crippen LogP contribution >= 0.6 is 11.3 Å². The van der Waals surface area contributed by atoms with Crippen LogP contribution in [0.2, 0.25) is 0 Å². The molecule has 2 fully saturated rings. The molecular formula is C20H26F3N5O3S. The normalized spacial score (nSPS) is 21.8. The van der Waals surface area contributed by atoms with Gasteiger partial charge in [0.15, 0.2) is 0 Å². The summed E-state index contributed by atoms with van der Waals surface area (Å²) in [6.45, 7) is 7.76. The number of nitrogens with zero attached hydrogens (tertiary/aromatic N) is 5. The first-order valence-corrected chi connectivity index (χ1v) is 11.2. The van der Waals surface area contributed by atoms with E-state index in [9.17, 15) is 13.2 Å². The first-order valence-electron chi connectivity index (χ1n) is 10.3. The number of thiazole rings is 1. The largest absolute Gasteiger partial charge is 0.490 e. The second-order valence-electron chi connectivity index (χ2n) is 7.61. The number of rotatable bonds is 4.